The zero-order valence-corrected chi connectivity index (χ0v) is 10.9. The maximum Gasteiger partial charge on any atom is 0.351 e. The van der Waals surface area contributed by atoms with E-state index in [4.69, 9.17) is 27.9 Å². The number of hydrogen-bond donors (Lipinski definition) is 0. The predicted molar refractivity (Wildman–Crippen MR) is 67.2 cm³/mol. The topological polar surface area (TPSA) is 60.4 Å². The van der Waals surface area contributed by atoms with E-state index in [0.717, 1.165) is 0 Å². The van der Waals surface area contributed by atoms with Gasteiger partial charge in [-0.05, 0) is 0 Å². The lowest BCUT2D eigenvalue weighted by molar-refractivity contribution is -0.139. The number of benzene rings is 1. The molecular formula is C13H6Cl2O4. The van der Waals surface area contributed by atoms with Crippen LogP contribution in [0.2, 0.25) is 0 Å². The van der Waals surface area contributed by atoms with Crippen molar-refractivity contribution in [2.75, 3.05) is 0 Å². The smallest absolute Gasteiger partial charge is 0.351 e. The number of ketones is 2. The summed E-state index contributed by atoms with van der Waals surface area (Å²) in [6.45, 7) is 0. The third kappa shape index (κ3) is 1.64. The Morgan fingerprint density at radius 3 is 1.89 bits per heavy atom. The fraction of sp³-hybridized carbons (Fsp3) is 0.154. The molecule has 0 radical (unpaired) electrons. The lowest BCUT2D eigenvalue weighted by Gasteiger charge is -2.14. The number of cyclic esters (lactones) is 1. The summed E-state index contributed by atoms with van der Waals surface area (Å²) in [5.41, 5.74) is 0.641. The van der Waals surface area contributed by atoms with Gasteiger partial charge in [-0.1, -0.05) is 47.5 Å². The highest BCUT2D eigenvalue weighted by Crippen LogP contribution is 2.39. The maximum absolute atomic E-state index is 12.2. The van der Waals surface area contributed by atoms with Gasteiger partial charge in [-0.15, -0.1) is 0 Å². The van der Waals surface area contributed by atoms with Crippen molar-refractivity contribution in [3.05, 3.63) is 45.5 Å². The van der Waals surface area contributed by atoms with Gasteiger partial charge < -0.3 is 4.74 Å². The lowest BCUT2D eigenvalue weighted by Crippen LogP contribution is -2.31. The van der Waals surface area contributed by atoms with Crippen LogP contribution in [0.1, 0.15) is 20.7 Å². The molecule has 4 nitrogen and oxygen atoms in total. The van der Waals surface area contributed by atoms with Crippen LogP contribution in [0.25, 0.3) is 0 Å². The Morgan fingerprint density at radius 1 is 0.947 bits per heavy atom. The van der Waals surface area contributed by atoms with Crippen molar-refractivity contribution in [1.29, 1.82) is 0 Å². The molecule has 1 aliphatic heterocycles. The molecule has 0 aromatic heterocycles. The van der Waals surface area contributed by atoms with Gasteiger partial charge in [0.05, 0.1) is 5.03 Å². The summed E-state index contributed by atoms with van der Waals surface area (Å²) in [5.74, 6) is -2.75. The SMILES string of the molecule is O=C1O[C@H](C2C(=O)c3ccccc3C2=O)C(Cl)=C1Cl. The Bertz CT molecular complexity index is 627. The molecule has 0 unspecified atom stereocenters. The van der Waals surface area contributed by atoms with Gasteiger partial charge in [0.2, 0.25) is 0 Å². The van der Waals surface area contributed by atoms with E-state index < -0.39 is 29.6 Å². The van der Waals surface area contributed by atoms with Crippen LogP contribution < -0.4 is 0 Å². The Kier molecular flexibility index (Phi) is 2.73. The number of fused-ring (bicyclic) bond motifs is 1. The molecule has 0 saturated heterocycles. The van der Waals surface area contributed by atoms with Crippen molar-refractivity contribution in [1.82, 2.24) is 0 Å². The van der Waals surface area contributed by atoms with E-state index in [1.165, 1.54) is 0 Å². The first-order chi connectivity index (χ1) is 9.02. The Morgan fingerprint density at radius 2 is 1.47 bits per heavy atom. The van der Waals surface area contributed by atoms with Gasteiger partial charge in [0, 0.05) is 11.1 Å². The highest BCUT2D eigenvalue weighted by atomic mass is 35.5. The van der Waals surface area contributed by atoms with Crippen LogP contribution in [-0.2, 0) is 9.53 Å². The molecule has 1 atom stereocenters. The summed E-state index contributed by atoms with van der Waals surface area (Å²) in [7, 11) is 0. The molecule has 1 aromatic carbocycles. The number of carbonyl (C=O) groups is 3. The van der Waals surface area contributed by atoms with Crippen LogP contribution in [0.5, 0.6) is 0 Å². The average Bonchev–Trinajstić information content (AvgIpc) is 2.80. The number of carbonyl (C=O) groups excluding carboxylic acids is 3. The van der Waals surface area contributed by atoms with Crippen LogP contribution in [0.15, 0.2) is 34.3 Å². The molecule has 0 amide bonds. The molecule has 2 aliphatic rings. The second-order valence-corrected chi connectivity index (χ2v) is 5.02. The number of ether oxygens (including phenoxy) is 1. The summed E-state index contributed by atoms with van der Waals surface area (Å²) in [5, 5.41) is -0.366. The molecule has 0 fully saturated rings. The number of Topliss-reactive ketones (excluding diaryl/α,β-unsaturated/α-hetero) is 2. The molecule has 0 bridgehead atoms. The van der Waals surface area contributed by atoms with Crippen LogP contribution in [0.3, 0.4) is 0 Å². The molecule has 0 N–H and O–H groups in total. The molecule has 19 heavy (non-hydrogen) atoms. The molecule has 6 heteroatoms. The standard InChI is InChI=1S/C13H6Cl2O4/c14-8-9(15)13(18)19-12(8)7-10(16)5-3-1-2-4-6(5)11(7)17/h1-4,7,12H/t12-/m1/s1. The zero-order chi connectivity index (χ0) is 13.7. The number of hydrogen-bond acceptors (Lipinski definition) is 4. The molecule has 0 spiro atoms. The van der Waals surface area contributed by atoms with E-state index >= 15 is 0 Å². The Hall–Kier alpha value is -1.65. The molecule has 1 aromatic rings. The quantitative estimate of drug-likeness (QED) is 0.589. The van der Waals surface area contributed by atoms with E-state index in [1.807, 2.05) is 0 Å². The fourth-order valence-corrected chi connectivity index (χ4v) is 2.70. The maximum atomic E-state index is 12.2. The molecule has 1 aliphatic carbocycles. The first kappa shape index (κ1) is 12.4. The second kappa shape index (κ2) is 4.18. The minimum Gasteiger partial charge on any atom is -0.451 e. The minimum absolute atomic E-state index is 0.0915. The Balaban J connectivity index is 2.05. The summed E-state index contributed by atoms with van der Waals surface area (Å²) >= 11 is 11.5. The van der Waals surface area contributed by atoms with Gasteiger partial charge in [0.15, 0.2) is 17.7 Å². The van der Waals surface area contributed by atoms with Crippen molar-refractivity contribution in [3.8, 4) is 0 Å². The summed E-state index contributed by atoms with van der Waals surface area (Å²) in [4.78, 5) is 35.8. The highest BCUT2D eigenvalue weighted by molar-refractivity contribution is 6.49. The third-order valence-corrected chi connectivity index (χ3v) is 4.06. The van der Waals surface area contributed by atoms with Gasteiger partial charge in [-0.3, -0.25) is 9.59 Å². The van der Waals surface area contributed by atoms with Crippen molar-refractivity contribution >= 4 is 40.7 Å². The van der Waals surface area contributed by atoms with E-state index in [0.29, 0.717) is 11.1 Å². The van der Waals surface area contributed by atoms with Crippen molar-refractivity contribution in [3.63, 3.8) is 0 Å². The van der Waals surface area contributed by atoms with Gasteiger partial charge >= 0.3 is 5.97 Å². The second-order valence-electron chi connectivity index (χ2n) is 4.24. The molecular weight excluding hydrogens is 291 g/mol. The van der Waals surface area contributed by atoms with Crippen molar-refractivity contribution in [2.24, 2.45) is 5.92 Å². The Labute approximate surface area is 117 Å². The number of esters is 1. The third-order valence-electron chi connectivity index (χ3n) is 3.20. The van der Waals surface area contributed by atoms with Gasteiger partial charge in [0.1, 0.15) is 11.0 Å². The van der Waals surface area contributed by atoms with Crippen LogP contribution >= 0.6 is 23.2 Å². The van der Waals surface area contributed by atoms with Crippen LogP contribution in [0, 0.1) is 5.92 Å². The summed E-state index contributed by atoms with van der Waals surface area (Å²) in [6, 6.07) is 6.45. The first-order valence-corrected chi connectivity index (χ1v) is 6.21. The average molecular weight is 297 g/mol. The van der Waals surface area contributed by atoms with E-state index in [9.17, 15) is 14.4 Å². The minimum atomic E-state index is -1.13. The van der Waals surface area contributed by atoms with Gasteiger partial charge in [0.25, 0.3) is 0 Å². The molecule has 3 rings (SSSR count). The number of rotatable bonds is 1. The first-order valence-electron chi connectivity index (χ1n) is 5.46. The summed E-state index contributed by atoms with van der Waals surface area (Å²) in [6.07, 6.45) is -1.12. The fourth-order valence-electron chi connectivity index (χ4n) is 2.30. The van der Waals surface area contributed by atoms with E-state index in [1.54, 1.807) is 24.3 Å². The lowest BCUT2D eigenvalue weighted by atomic mass is 9.97. The van der Waals surface area contributed by atoms with Crippen LogP contribution in [-0.4, -0.2) is 23.6 Å². The molecule has 1 heterocycles. The van der Waals surface area contributed by atoms with E-state index in [2.05, 4.69) is 0 Å². The predicted octanol–water partition coefficient (Wildman–Crippen LogP) is 2.30. The van der Waals surface area contributed by atoms with E-state index in [-0.39, 0.29) is 10.1 Å². The zero-order valence-electron chi connectivity index (χ0n) is 9.35. The van der Waals surface area contributed by atoms with Crippen molar-refractivity contribution < 1.29 is 19.1 Å². The largest absolute Gasteiger partial charge is 0.451 e. The normalized spacial score (nSPS) is 23.1. The van der Waals surface area contributed by atoms with Gasteiger partial charge in [-0.25, -0.2) is 4.79 Å². The van der Waals surface area contributed by atoms with Crippen molar-refractivity contribution in [2.45, 2.75) is 6.10 Å². The molecule has 0 saturated carbocycles. The highest BCUT2D eigenvalue weighted by Gasteiger charge is 2.49. The number of halogens is 2. The monoisotopic (exact) mass is 296 g/mol. The summed E-state index contributed by atoms with van der Waals surface area (Å²) < 4.78 is 4.92. The van der Waals surface area contributed by atoms with Crippen LogP contribution in [0.4, 0.5) is 0 Å². The molecule has 96 valence electrons. The van der Waals surface area contributed by atoms with Gasteiger partial charge in [-0.2, -0.15) is 0 Å².